The first-order valence-electron chi connectivity index (χ1n) is 11.3. The van der Waals surface area contributed by atoms with Crippen molar-refractivity contribution in [1.82, 2.24) is 15.3 Å². The van der Waals surface area contributed by atoms with Crippen LogP contribution in [0.5, 0.6) is 0 Å². The van der Waals surface area contributed by atoms with E-state index in [-0.39, 0.29) is 11.3 Å². The highest BCUT2D eigenvalue weighted by molar-refractivity contribution is 6.02. The maximum absolute atomic E-state index is 12.6. The molecule has 9 nitrogen and oxygen atoms in total. The van der Waals surface area contributed by atoms with E-state index >= 15 is 0 Å². The monoisotopic (exact) mass is 461 g/mol. The van der Waals surface area contributed by atoms with Crippen LogP contribution >= 0.6 is 0 Å². The maximum Gasteiger partial charge on any atom is 0.253 e. The summed E-state index contributed by atoms with van der Waals surface area (Å²) < 4.78 is 0. The van der Waals surface area contributed by atoms with E-state index < -0.39 is 23.3 Å². The van der Waals surface area contributed by atoms with Gasteiger partial charge in [-0.3, -0.25) is 19.2 Å². The molecule has 1 fully saturated rings. The molecule has 2 aromatic heterocycles. The van der Waals surface area contributed by atoms with Crippen LogP contribution in [0.15, 0.2) is 47.5 Å². The van der Waals surface area contributed by atoms with Crippen molar-refractivity contribution in [2.45, 2.75) is 39.2 Å². The summed E-state index contributed by atoms with van der Waals surface area (Å²) >= 11 is 0. The average Bonchev–Trinajstić information content (AvgIpc) is 2.85. The zero-order valence-corrected chi connectivity index (χ0v) is 19.2. The standard InChI is InChI=1S/C25H27N5O4/c1-15(28-25(34)17-6-9-22(27-13-17)30-10-4-3-5-11-30)24(33)29-18-7-8-21-19(12-18)23(32)20(14-26-21)16(2)31/h6-9,12-15H,3-5,10-11H2,1-2H3,(H,26,32)(H,28,34)(H,29,33)/t15-/m0/s1. The van der Waals surface area contributed by atoms with Gasteiger partial charge in [0.25, 0.3) is 5.91 Å². The van der Waals surface area contributed by atoms with E-state index in [2.05, 4.69) is 25.5 Å². The third-order valence-electron chi connectivity index (χ3n) is 5.96. The van der Waals surface area contributed by atoms with Gasteiger partial charge in [0.15, 0.2) is 11.2 Å². The number of carbonyl (C=O) groups excluding carboxylic acids is 3. The molecule has 0 saturated carbocycles. The minimum absolute atomic E-state index is 0.0523. The molecule has 4 rings (SSSR count). The number of rotatable bonds is 6. The number of aromatic amines is 1. The fourth-order valence-corrected chi connectivity index (χ4v) is 3.98. The Bertz CT molecular complexity index is 1290. The fourth-order valence-electron chi connectivity index (χ4n) is 3.98. The largest absolute Gasteiger partial charge is 0.360 e. The molecular formula is C25H27N5O4. The van der Waals surface area contributed by atoms with Gasteiger partial charge in [0, 0.05) is 42.1 Å². The lowest BCUT2D eigenvalue weighted by Gasteiger charge is -2.27. The summed E-state index contributed by atoms with van der Waals surface area (Å²) in [6.45, 7) is 4.83. The Hall–Kier alpha value is -4.01. The van der Waals surface area contributed by atoms with Crippen LogP contribution in [0.4, 0.5) is 11.5 Å². The van der Waals surface area contributed by atoms with E-state index in [9.17, 15) is 19.2 Å². The summed E-state index contributed by atoms with van der Waals surface area (Å²) in [7, 11) is 0. The second kappa shape index (κ2) is 9.86. The second-order valence-electron chi connectivity index (χ2n) is 8.49. The van der Waals surface area contributed by atoms with E-state index in [4.69, 9.17) is 0 Å². The Morgan fingerprint density at radius 2 is 1.85 bits per heavy atom. The molecule has 1 aromatic carbocycles. The molecule has 0 bridgehead atoms. The SMILES string of the molecule is CC(=O)c1c[nH]c2ccc(NC(=O)[C@H](C)NC(=O)c3ccc(N4CCCCC4)nc3)cc2c1=O. The molecule has 3 heterocycles. The van der Waals surface area contributed by atoms with Crippen LogP contribution in [0.2, 0.25) is 0 Å². The molecule has 3 N–H and O–H groups in total. The van der Waals surface area contributed by atoms with Crippen LogP contribution in [0, 0.1) is 0 Å². The third-order valence-corrected chi connectivity index (χ3v) is 5.96. The number of piperidine rings is 1. The van der Waals surface area contributed by atoms with Crippen LogP contribution in [-0.4, -0.2) is 46.7 Å². The molecule has 1 aliphatic rings. The van der Waals surface area contributed by atoms with Crippen molar-refractivity contribution >= 4 is 40.0 Å². The number of hydrogen-bond donors (Lipinski definition) is 3. The summed E-state index contributed by atoms with van der Waals surface area (Å²) in [6, 6.07) is 7.51. The predicted octanol–water partition coefficient (Wildman–Crippen LogP) is 2.87. The van der Waals surface area contributed by atoms with Crippen molar-refractivity contribution < 1.29 is 14.4 Å². The van der Waals surface area contributed by atoms with Crippen molar-refractivity contribution in [3.8, 4) is 0 Å². The lowest BCUT2D eigenvalue weighted by atomic mass is 10.1. The molecule has 0 unspecified atom stereocenters. The maximum atomic E-state index is 12.6. The topological polar surface area (TPSA) is 124 Å². The number of H-pyrrole nitrogens is 1. The van der Waals surface area contributed by atoms with Crippen LogP contribution < -0.4 is 21.0 Å². The minimum Gasteiger partial charge on any atom is -0.360 e. The fraction of sp³-hybridized carbons (Fsp3) is 0.320. The number of aromatic nitrogens is 2. The highest BCUT2D eigenvalue weighted by atomic mass is 16.2. The zero-order valence-electron chi connectivity index (χ0n) is 19.2. The predicted molar refractivity (Wildman–Crippen MR) is 130 cm³/mol. The van der Waals surface area contributed by atoms with Crippen molar-refractivity contribution in [3.63, 3.8) is 0 Å². The molecule has 0 spiro atoms. The van der Waals surface area contributed by atoms with Gasteiger partial charge >= 0.3 is 0 Å². The van der Waals surface area contributed by atoms with Gasteiger partial charge in [-0.2, -0.15) is 0 Å². The van der Waals surface area contributed by atoms with Crippen LogP contribution in [-0.2, 0) is 4.79 Å². The van der Waals surface area contributed by atoms with E-state index in [1.54, 1.807) is 25.1 Å². The summed E-state index contributed by atoms with van der Waals surface area (Å²) in [5.74, 6) is -0.334. The summed E-state index contributed by atoms with van der Waals surface area (Å²) in [5.41, 5.74) is 0.956. The molecule has 0 radical (unpaired) electrons. The van der Waals surface area contributed by atoms with Gasteiger partial charge < -0.3 is 20.5 Å². The smallest absolute Gasteiger partial charge is 0.253 e. The second-order valence-corrected chi connectivity index (χ2v) is 8.49. The first kappa shape index (κ1) is 23.2. The van der Waals surface area contributed by atoms with Crippen molar-refractivity contribution in [2.24, 2.45) is 0 Å². The average molecular weight is 462 g/mol. The number of hydrogen-bond acceptors (Lipinski definition) is 6. The molecule has 1 aliphatic heterocycles. The van der Waals surface area contributed by atoms with E-state index in [1.807, 2.05) is 6.07 Å². The van der Waals surface area contributed by atoms with E-state index in [0.29, 0.717) is 22.2 Å². The van der Waals surface area contributed by atoms with Crippen LogP contribution in [0.3, 0.4) is 0 Å². The van der Waals surface area contributed by atoms with Crippen LogP contribution in [0.1, 0.15) is 53.8 Å². The highest BCUT2D eigenvalue weighted by Crippen LogP contribution is 2.18. The Labute approximate surface area is 196 Å². The van der Waals surface area contributed by atoms with Crippen LogP contribution in [0.25, 0.3) is 10.9 Å². The first-order valence-corrected chi connectivity index (χ1v) is 11.3. The number of pyridine rings is 2. The van der Waals surface area contributed by atoms with Gasteiger partial charge in [0.2, 0.25) is 5.91 Å². The van der Waals surface area contributed by atoms with Gasteiger partial charge in [-0.05, 0) is 63.4 Å². The third kappa shape index (κ3) is 4.98. The highest BCUT2D eigenvalue weighted by Gasteiger charge is 2.19. The van der Waals surface area contributed by atoms with Crippen molar-refractivity contribution in [1.29, 1.82) is 0 Å². The molecule has 34 heavy (non-hydrogen) atoms. The van der Waals surface area contributed by atoms with Crippen molar-refractivity contribution in [3.05, 3.63) is 64.1 Å². The molecule has 3 aromatic rings. The number of anilines is 2. The number of Topliss-reactive ketones (excluding diaryl/α,β-unsaturated/α-hetero) is 1. The number of nitrogens with one attached hydrogen (secondary N) is 3. The number of fused-ring (bicyclic) bond motifs is 1. The normalized spacial score (nSPS) is 14.5. The summed E-state index contributed by atoms with van der Waals surface area (Å²) in [4.78, 5) is 59.0. The Kier molecular flexibility index (Phi) is 6.72. The summed E-state index contributed by atoms with van der Waals surface area (Å²) in [6.07, 6.45) is 6.41. The molecule has 1 atom stereocenters. The van der Waals surface area contributed by atoms with E-state index in [1.165, 1.54) is 31.8 Å². The number of carbonyl (C=O) groups is 3. The lowest BCUT2D eigenvalue weighted by molar-refractivity contribution is -0.117. The number of ketones is 1. The number of benzene rings is 1. The van der Waals surface area contributed by atoms with Gasteiger partial charge in [-0.25, -0.2) is 4.98 Å². The van der Waals surface area contributed by atoms with Gasteiger partial charge in [0.1, 0.15) is 11.9 Å². The van der Waals surface area contributed by atoms with Crippen molar-refractivity contribution in [2.75, 3.05) is 23.3 Å². The Balaban J connectivity index is 1.41. The number of amides is 2. The van der Waals surface area contributed by atoms with E-state index in [0.717, 1.165) is 31.7 Å². The first-order chi connectivity index (χ1) is 16.3. The van der Waals surface area contributed by atoms with Gasteiger partial charge in [0.05, 0.1) is 11.1 Å². The molecule has 2 amide bonds. The van der Waals surface area contributed by atoms with Gasteiger partial charge in [-0.1, -0.05) is 0 Å². The molecule has 176 valence electrons. The minimum atomic E-state index is -0.827. The zero-order chi connectivity index (χ0) is 24.2. The quantitative estimate of drug-likeness (QED) is 0.485. The molecular weight excluding hydrogens is 434 g/mol. The molecule has 1 saturated heterocycles. The Morgan fingerprint density at radius 3 is 2.53 bits per heavy atom. The number of nitrogens with zero attached hydrogens (tertiary/aromatic N) is 2. The van der Waals surface area contributed by atoms with Gasteiger partial charge in [-0.15, -0.1) is 0 Å². The molecule has 0 aliphatic carbocycles. The lowest BCUT2D eigenvalue weighted by Crippen LogP contribution is -2.41. The summed E-state index contributed by atoms with van der Waals surface area (Å²) in [5, 5.41) is 5.67. The Morgan fingerprint density at radius 1 is 1.09 bits per heavy atom. The molecule has 9 heteroatoms.